The lowest BCUT2D eigenvalue weighted by molar-refractivity contribution is -0.144. The van der Waals surface area contributed by atoms with Crippen molar-refractivity contribution >= 4 is 5.97 Å². The third-order valence-electron chi connectivity index (χ3n) is 1.33. The Hall–Kier alpha value is -0.610. The van der Waals surface area contributed by atoms with Crippen LogP contribution in [0.15, 0.2) is 0 Å². The van der Waals surface area contributed by atoms with E-state index in [4.69, 9.17) is 9.47 Å². The van der Waals surface area contributed by atoms with Crippen LogP contribution >= 0.6 is 0 Å². The molecule has 0 aliphatic heterocycles. The molecule has 0 unspecified atom stereocenters. The van der Waals surface area contributed by atoms with Crippen LogP contribution in [-0.2, 0) is 14.3 Å². The number of hydrogen-bond acceptors (Lipinski definition) is 4. The van der Waals surface area contributed by atoms with Gasteiger partial charge in [-0.1, -0.05) is 13.8 Å². The van der Waals surface area contributed by atoms with Gasteiger partial charge in [-0.25, -0.2) is 0 Å². The Kier molecular flexibility index (Phi) is 7.63. The molecule has 0 aliphatic carbocycles. The summed E-state index contributed by atoms with van der Waals surface area (Å²) in [4.78, 5) is 11.0. The topological polar surface area (TPSA) is 47.6 Å². The maximum absolute atomic E-state index is 11.0. The van der Waals surface area contributed by atoms with Crippen molar-refractivity contribution in [2.45, 2.75) is 20.3 Å². The van der Waals surface area contributed by atoms with Gasteiger partial charge in [0, 0.05) is 13.7 Å². The van der Waals surface area contributed by atoms with Crippen LogP contribution in [0.25, 0.3) is 0 Å². The molecule has 13 heavy (non-hydrogen) atoms. The van der Waals surface area contributed by atoms with Crippen LogP contribution in [0.3, 0.4) is 0 Å². The van der Waals surface area contributed by atoms with Crippen LogP contribution in [0.1, 0.15) is 20.3 Å². The fraction of sp³-hybridized carbons (Fsp3) is 0.889. The second kappa shape index (κ2) is 8.01. The monoisotopic (exact) mass is 189 g/mol. The van der Waals surface area contributed by atoms with Crippen molar-refractivity contribution in [2.24, 2.45) is 5.92 Å². The van der Waals surface area contributed by atoms with Gasteiger partial charge in [-0.05, 0) is 5.92 Å². The predicted molar refractivity (Wildman–Crippen MR) is 50.3 cm³/mol. The van der Waals surface area contributed by atoms with Crippen LogP contribution in [0.2, 0.25) is 0 Å². The zero-order valence-electron chi connectivity index (χ0n) is 8.63. The van der Waals surface area contributed by atoms with E-state index in [1.54, 1.807) is 7.11 Å². The van der Waals surface area contributed by atoms with Crippen molar-refractivity contribution in [3.8, 4) is 0 Å². The van der Waals surface area contributed by atoms with E-state index in [9.17, 15) is 4.79 Å². The SMILES string of the molecule is COCNCCC(=O)OCC(C)C. The number of esters is 1. The van der Waals surface area contributed by atoms with Gasteiger partial charge in [0.1, 0.15) is 0 Å². The second-order valence-electron chi connectivity index (χ2n) is 3.26. The van der Waals surface area contributed by atoms with Crippen LogP contribution < -0.4 is 5.32 Å². The van der Waals surface area contributed by atoms with E-state index in [-0.39, 0.29) is 5.97 Å². The lowest BCUT2D eigenvalue weighted by atomic mass is 10.2. The smallest absolute Gasteiger partial charge is 0.307 e. The first-order valence-corrected chi connectivity index (χ1v) is 4.52. The van der Waals surface area contributed by atoms with Crippen molar-refractivity contribution in [2.75, 3.05) is 27.0 Å². The predicted octanol–water partition coefficient (Wildman–Crippen LogP) is 0.769. The van der Waals surface area contributed by atoms with Gasteiger partial charge in [-0.15, -0.1) is 0 Å². The van der Waals surface area contributed by atoms with Crippen molar-refractivity contribution in [3.05, 3.63) is 0 Å². The van der Waals surface area contributed by atoms with Gasteiger partial charge in [0.05, 0.1) is 19.8 Å². The number of carbonyl (C=O) groups excluding carboxylic acids is 1. The molecule has 0 aromatic rings. The van der Waals surface area contributed by atoms with E-state index in [1.165, 1.54) is 0 Å². The van der Waals surface area contributed by atoms with E-state index in [1.807, 2.05) is 13.8 Å². The summed E-state index contributed by atoms with van der Waals surface area (Å²) in [5.74, 6) is 0.244. The number of rotatable bonds is 7. The summed E-state index contributed by atoms with van der Waals surface area (Å²) in [6.45, 7) is 5.60. The molecular formula is C9H19NO3. The highest BCUT2D eigenvalue weighted by Gasteiger charge is 2.02. The van der Waals surface area contributed by atoms with E-state index in [2.05, 4.69) is 5.32 Å². The van der Waals surface area contributed by atoms with Gasteiger partial charge < -0.3 is 9.47 Å². The summed E-state index contributed by atoms with van der Waals surface area (Å²) in [5.41, 5.74) is 0. The molecule has 0 heterocycles. The first-order chi connectivity index (χ1) is 6.16. The van der Waals surface area contributed by atoms with Crippen LogP contribution in [-0.4, -0.2) is 33.0 Å². The van der Waals surface area contributed by atoms with Crippen molar-refractivity contribution in [1.29, 1.82) is 0 Å². The minimum atomic E-state index is -0.155. The summed E-state index contributed by atoms with van der Waals surface area (Å²) in [7, 11) is 1.60. The summed E-state index contributed by atoms with van der Waals surface area (Å²) >= 11 is 0. The number of carbonyl (C=O) groups is 1. The molecule has 0 spiro atoms. The zero-order chi connectivity index (χ0) is 10.1. The number of ether oxygens (including phenoxy) is 2. The van der Waals surface area contributed by atoms with Gasteiger partial charge in [0.15, 0.2) is 0 Å². The van der Waals surface area contributed by atoms with Crippen molar-refractivity contribution in [3.63, 3.8) is 0 Å². The first-order valence-electron chi connectivity index (χ1n) is 4.52. The molecule has 0 bridgehead atoms. The van der Waals surface area contributed by atoms with Crippen LogP contribution in [0, 0.1) is 5.92 Å². The minimum Gasteiger partial charge on any atom is -0.465 e. The summed E-state index contributed by atoms with van der Waals surface area (Å²) in [6.07, 6.45) is 0.399. The molecule has 0 atom stereocenters. The standard InChI is InChI=1S/C9H19NO3/c1-8(2)6-13-9(11)4-5-10-7-12-3/h8,10H,4-7H2,1-3H3. The number of nitrogens with one attached hydrogen (secondary N) is 1. The molecule has 78 valence electrons. The lowest BCUT2D eigenvalue weighted by Gasteiger charge is -2.07. The third-order valence-corrected chi connectivity index (χ3v) is 1.33. The molecule has 0 aromatic carbocycles. The first kappa shape index (κ1) is 12.4. The molecule has 1 N–H and O–H groups in total. The maximum Gasteiger partial charge on any atom is 0.307 e. The van der Waals surface area contributed by atoms with Crippen molar-refractivity contribution in [1.82, 2.24) is 5.32 Å². The third kappa shape index (κ3) is 9.30. The molecule has 0 rings (SSSR count). The number of hydrogen-bond donors (Lipinski definition) is 1. The Labute approximate surface area is 79.6 Å². The Bertz CT molecular complexity index is 137. The van der Waals surface area contributed by atoms with E-state index in [0.29, 0.717) is 32.2 Å². The van der Waals surface area contributed by atoms with Gasteiger partial charge >= 0.3 is 5.97 Å². The Morgan fingerprint density at radius 2 is 2.15 bits per heavy atom. The van der Waals surface area contributed by atoms with E-state index >= 15 is 0 Å². The van der Waals surface area contributed by atoms with Gasteiger partial charge in [0.25, 0.3) is 0 Å². The summed E-state index contributed by atoms with van der Waals surface area (Å²) in [5, 5.41) is 2.93. The molecule has 0 radical (unpaired) electrons. The lowest BCUT2D eigenvalue weighted by Crippen LogP contribution is -2.22. The molecular weight excluding hydrogens is 170 g/mol. The molecule has 0 saturated carbocycles. The molecule has 0 aromatic heterocycles. The summed E-state index contributed by atoms with van der Waals surface area (Å²) < 4.78 is 9.72. The van der Waals surface area contributed by atoms with Crippen LogP contribution in [0.5, 0.6) is 0 Å². The highest BCUT2D eigenvalue weighted by atomic mass is 16.5. The molecule has 0 amide bonds. The normalized spacial score (nSPS) is 10.5. The second-order valence-corrected chi connectivity index (χ2v) is 3.26. The molecule has 0 aliphatic rings. The zero-order valence-corrected chi connectivity index (χ0v) is 8.63. The number of methoxy groups -OCH3 is 1. The largest absolute Gasteiger partial charge is 0.465 e. The van der Waals surface area contributed by atoms with Crippen LogP contribution in [0.4, 0.5) is 0 Å². The molecule has 0 saturated heterocycles. The molecule has 0 fully saturated rings. The fourth-order valence-electron chi connectivity index (χ4n) is 0.696. The maximum atomic E-state index is 11.0. The van der Waals surface area contributed by atoms with Gasteiger partial charge in [0.2, 0.25) is 0 Å². The minimum absolute atomic E-state index is 0.155. The average molecular weight is 189 g/mol. The highest BCUT2D eigenvalue weighted by Crippen LogP contribution is 1.94. The highest BCUT2D eigenvalue weighted by molar-refractivity contribution is 5.69. The molecule has 4 heteroatoms. The Morgan fingerprint density at radius 1 is 1.46 bits per heavy atom. The van der Waals surface area contributed by atoms with Gasteiger partial charge in [-0.2, -0.15) is 0 Å². The van der Waals surface area contributed by atoms with E-state index in [0.717, 1.165) is 0 Å². The van der Waals surface area contributed by atoms with E-state index < -0.39 is 0 Å². The fourth-order valence-corrected chi connectivity index (χ4v) is 0.696. The quantitative estimate of drug-likeness (QED) is 0.365. The Morgan fingerprint density at radius 3 is 2.69 bits per heavy atom. The summed E-state index contributed by atoms with van der Waals surface area (Å²) in [6, 6.07) is 0. The Balaban J connectivity index is 3.20. The molecule has 4 nitrogen and oxygen atoms in total. The average Bonchev–Trinajstić information content (AvgIpc) is 2.09. The van der Waals surface area contributed by atoms with Gasteiger partial charge in [-0.3, -0.25) is 10.1 Å². The van der Waals surface area contributed by atoms with Crippen molar-refractivity contribution < 1.29 is 14.3 Å².